The van der Waals surface area contributed by atoms with Crippen molar-refractivity contribution < 1.29 is 9.53 Å². The third-order valence-corrected chi connectivity index (χ3v) is 4.09. The molecule has 0 radical (unpaired) electrons. The van der Waals surface area contributed by atoms with Crippen LogP contribution < -0.4 is 11.1 Å². The van der Waals surface area contributed by atoms with E-state index in [4.69, 9.17) is 10.5 Å². The first-order valence-corrected chi connectivity index (χ1v) is 7.74. The summed E-state index contributed by atoms with van der Waals surface area (Å²) in [5.41, 5.74) is 6.35. The molecule has 0 spiro atoms. The Morgan fingerprint density at radius 1 is 1.50 bits per heavy atom. The van der Waals surface area contributed by atoms with Crippen LogP contribution in [0.4, 0.5) is 0 Å². The smallest absolute Gasteiger partial charge is 0.219 e. The summed E-state index contributed by atoms with van der Waals surface area (Å²) in [6.07, 6.45) is 0.348. The number of aryl methyl sites for hydroxylation is 1. The first-order chi connectivity index (χ1) is 9.63. The summed E-state index contributed by atoms with van der Waals surface area (Å²) in [5, 5.41) is 6.49. The number of halogens is 2. The summed E-state index contributed by atoms with van der Waals surface area (Å²) >= 11 is 1.64. The van der Waals surface area contributed by atoms with Gasteiger partial charge in [0.05, 0.1) is 23.9 Å². The van der Waals surface area contributed by atoms with Gasteiger partial charge in [-0.05, 0) is 6.92 Å². The molecule has 0 aliphatic carbocycles. The molecule has 1 aromatic rings. The van der Waals surface area contributed by atoms with Gasteiger partial charge in [-0.2, -0.15) is 0 Å². The highest BCUT2D eigenvalue weighted by atomic mass is 35.5. The van der Waals surface area contributed by atoms with Gasteiger partial charge in [-0.15, -0.1) is 36.2 Å². The number of nitrogens with two attached hydrogens (primary N) is 1. The average molecular weight is 371 g/mol. The fourth-order valence-corrected chi connectivity index (χ4v) is 2.89. The van der Waals surface area contributed by atoms with Crippen molar-refractivity contribution in [2.75, 3.05) is 32.8 Å². The van der Waals surface area contributed by atoms with E-state index in [1.807, 2.05) is 12.3 Å². The summed E-state index contributed by atoms with van der Waals surface area (Å²) in [6, 6.07) is 0.0626. The second-order valence-corrected chi connectivity index (χ2v) is 6.08. The summed E-state index contributed by atoms with van der Waals surface area (Å²) < 4.78 is 5.33. The summed E-state index contributed by atoms with van der Waals surface area (Å²) in [4.78, 5) is 17.9. The molecular weight excluding hydrogens is 347 g/mol. The van der Waals surface area contributed by atoms with Gasteiger partial charge in [0.25, 0.3) is 0 Å². The first-order valence-electron chi connectivity index (χ1n) is 6.86. The van der Waals surface area contributed by atoms with Gasteiger partial charge in [0.2, 0.25) is 5.91 Å². The Hall–Kier alpha value is -0.440. The molecule has 22 heavy (non-hydrogen) atoms. The van der Waals surface area contributed by atoms with Crippen LogP contribution in [0.15, 0.2) is 5.38 Å². The van der Waals surface area contributed by atoms with Crippen LogP contribution in [0.3, 0.4) is 0 Å². The van der Waals surface area contributed by atoms with Crippen molar-refractivity contribution in [1.82, 2.24) is 15.2 Å². The number of carbonyl (C=O) groups excluding carboxylic acids is 1. The second kappa shape index (κ2) is 11.2. The number of rotatable bonds is 7. The van der Waals surface area contributed by atoms with Crippen molar-refractivity contribution in [1.29, 1.82) is 0 Å². The third kappa shape index (κ3) is 7.71. The standard InChI is InChI=1S/C13H22N4O2S.2ClH/c1-10-16-12(9-20-10)7-15-11(6-13(14)18)8-17-2-4-19-5-3-17;;/h9,11,15H,2-8H2,1H3,(H2,14,18);2*1H. The minimum atomic E-state index is -0.273. The van der Waals surface area contributed by atoms with Gasteiger partial charge in [-0.1, -0.05) is 0 Å². The van der Waals surface area contributed by atoms with E-state index in [-0.39, 0.29) is 36.8 Å². The molecule has 2 rings (SSSR count). The molecule has 1 unspecified atom stereocenters. The number of thiazole rings is 1. The fraction of sp³-hybridized carbons (Fsp3) is 0.692. The van der Waals surface area contributed by atoms with E-state index in [0.717, 1.165) is 43.5 Å². The fourth-order valence-electron chi connectivity index (χ4n) is 2.28. The SMILES string of the molecule is Cc1nc(CNC(CC(N)=O)CN2CCOCC2)cs1.Cl.Cl. The molecule has 1 amide bonds. The minimum Gasteiger partial charge on any atom is -0.379 e. The maximum Gasteiger partial charge on any atom is 0.219 e. The predicted octanol–water partition coefficient (Wildman–Crippen LogP) is 0.961. The van der Waals surface area contributed by atoms with Crippen LogP contribution >= 0.6 is 36.2 Å². The van der Waals surface area contributed by atoms with Crippen molar-refractivity contribution in [2.45, 2.75) is 25.9 Å². The number of ether oxygens (including phenoxy) is 1. The topological polar surface area (TPSA) is 80.5 Å². The van der Waals surface area contributed by atoms with Crippen LogP contribution in [-0.2, 0) is 16.1 Å². The van der Waals surface area contributed by atoms with Gasteiger partial charge in [-0.25, -0.2) is 4.98 Å². The highest BCUT2D eigenvalue weighted by molar-refractivity contribution is 7.09. The Bertz CT molecular complexity index is 441. The molecular formula is C13H24Cl2N4O2S. The zero-order chi connectivity index (χ0) is 14.4. The molecule has 0 bridgehead atoms. The van der Waals surface area contributed by atoms with E-state index < -0.39 is 0 Å². The molecule has 2 heterocycles. The highest BCUT2D eigenvalue weighted by Crippen LogP contribution is 2.08. The Balaban J connectivity index is 0.00000220. The monoisotopic (exact) mass is 370 g/mol. The quantitative estimate of drug-likeness (QED) is 0.746. The second-order valence-electron chi connectivity index (χ2n) is 5.02. The molecule has 6 nitrogen and oxygen atoms in total. The normalized spacial score (nSPS) is 16.4. The number of nitrogens with zero attached hydrogens (tertiary/aromatic N) is 2. The number of carbonyl (C=O) groups is 1. The molecule has 3 N–H and O–H groups in total. The molecule has 1 saturated heterocycles. The van der Waals surface area contributed by atoms with E-state index in [1.165, 1.54) is 0 Å². The number of amides is 1. The van der Waals surface area contributed by atoms with Crippen molar-refractivity contribution in [3.63, 3.8) is 0 Å². The highest BCUT2D eigenvalue weighted by Gasteiger charge is 2.18. The first kappa shape index (κ1) is 21.6. The summed E-state index contributed by atoms with van der Waals surface area (Å²) in [7, 11) is 0. The van der Waals surface area contributed by atoms with Crippen molar-refractivity contribution in [3.05, 3.63) is 16.1 Å². The Kier molecular flexibility index (Phi) is 10.9. The number of morpholine rings is 1. The van der Waals surface area contributed by atoms with Gasteiger partial charge in [0.15, 0.2) is 0 Å². The average Bonchev–Trinajstić information content (AvgIpc) is 2.82. The maximum atomic E-state index is 11.2. The van der Waals surface area contributed by atoms with Gasteiger partial charge in [-0.3, -0.25) is 9.69 Å². The Morgan fingerprint density at radius 3 is 2.73 bits per heavy atom. The Morgan fingerprint density at radius 2 is 2.18 bits per heavy atom. The lowest BCUT2D eigenvalue weighted by molar-refractivity contribution is -0.118. The van der Waals surface area contributed by atoms with E-state index in [1.54, 1.807) is 11.3 Å². The van der Waals surface area contributed by atoms with Crippen LogP contribution in [-0.4, -0.2) is 54.7 Å². The molecule has 1 aliphatic heterocycles. The summed E-state index contributed by atoms with van der Waals surface area (Å²) in [6.45, 7) is 6.81. The Labute approximate surface area is 147 Å². The zero-order valence-corrected chi connectivity index (χ0v) is 15.1. The number of hydrogen-bond acceptors (Lipinski definition) is 6. The third-order valence-electron chi connectivity index (χ3n) is 3.27. The van der Waals surface area contributed by atoms with Gasteiger partial charge in [0.1, 0.15) is 0 Å². The predicted molar refractivity (Wildman–Crippen MR) is 93.0 cm³/mol. The van der Waals surface area contributed by atoms with Gasteiger partial charge in [0, 0.05) is 44.0 Å². The molecule has 1 aromatic heterocycles. The number of primary amides is 1. The lowest BCUT2D eigenvalue weighted by Gasteiger charge is -2.30. The van der Waals surface area contributed by atoms with E-state index in [2.05, 4.69) is 15.2 Å². The molecule has 0 saturated carbocycles. The minimum absolute atomic E-state index is 0. The number of nitrogens with one attached hydrogen (secondary N) is 1. The van der Waals surface area contributed by atoms with Crippen LogP contribution in [0.1, 0.15) is 17.1 Å². The van der Waals surface area contributed by atoms with E-state index >= 15 is 0 Å². The van der Waals surface area contributed by atoms with Crippen molar-refractivity contribution in [2.24, 2.45) is 5.73 Å². The van der Waals surface area contributed by atoms with E-state index in [9.17, 15) is 4.79 Å². The van der Waals surface area contributed by atoms with Crippen molar-refractivity contribution >= 4 is 42.1 Å². The van der Waals surface area contributed by atoms with Gasteiger partial charge >= 0.3 is 0 Å². The van der Waals surface area contributed by atoms with Crippen LogP contribution in [0.5, 0.6) is 0 Å². The van der Waals surface area contributed by atoms with Gasteiger partial charge < -0.3 is 15.8 Å². The lowest BCUT2D eigenvalue weighted by atomic mass is 10.1. The number of hydrogen-bond donors (Lipinski definition) is 2. The maximum absolute atomic E-state index is 11.2. The van der Waals surface area contributed by atoms with Crippen LogP contribution in [0.2, 0.25) is 0 Å². The summed E-state index contributed by atoms with van der Waals surface area (Å²) in [5.74, 6) is -0.273. The van der Waals surface area contributed by atoms with Crippen LogP contribution in [0, 0.1) is 6.92 Å². The molecule has 1 fully saturated rings. The van der Waals surface area contributed by atoms with Crippen LogP contribution in [0.25, 0.3) is 0 Å². The largest absolute Gasteiger partial charge is 0.379 e. The molecule has 1 atom stereocenters. The number of aromatic nitrogens is 1. The van der Waals surface area contributed by atoms with Crippen molar-refractivity contribution in [3.8, 4) is 0 Å². The zero-order valence-electron chi connectivity index (χ0n) is 12.6. The molecule has 1 aliphatic rings. The van der Waals surface area contributed by atoms with E-state index in [0.29, 0.717) is 13.0 Å². The molecule has 9 heteroatoms. The lowest BCUT2D eigenvalue weighted by Crippen LogP contribution is -2.46. The molecule has 0 aromatic carbocycles. The molecule has 128 valence electrons.